The summed E-state index contributed by atoms with van der Waals surface area (Å²) in [6.45, 7) is 6.19. The lowest BCUT2D eigenvalue weighted by Crippen LogP contribution is -2.31. The molecule has 0 radical (unpaired) electrons. The summed E-state index contributed by atoms with van der Waals surface area (Å²) in [6, 6.07) is 5.67. The minimum atomic E-state index is -3.64. The van der Waals surface area contributed by atoms with E-state index in [-0.39, 0.29) is 39.1 Å². The number of carbonyl (C=O) groups excluding carboxylic acids is 3. The lowest BCUT2D eigenvalue weighted by atomic mass is 10.1. The van der Waals surface area contributed by atoms with Crippen LogP contribution in [0.5, 0.6) is 0 Å². The molecule has 9 nitrogen and oxygen atoms in total. The van der Waals surface area contributed by atoms with Crippen molar-refractivity contribution in [3.8, 4) is 0 Å². The summed E-state index contributed by atoms with van der Waals surface area (Å²) in [4.78, 5) is 38.1. The van der Waals surface area contributed by atoms with E-state index in [9.17, 15) is 22.8 Å². The van der Waals surface area contributed by atoms with Crippen molar-refractivity contribution in [2.75, 3.05) is 31.6 Å². The first-order valence-electron chi connectivity index (χ1n) is 11.6. The molecular weight excluding hydrogens is 492 g/mol. The molecule has 1 aliphatic rings. The highest BCUT2D eigenvalue weighted by molar-refractivity contribution is 7.89. The topological polar surface area (TPSA) is 119 Å². The van der Waals surface area contributed by atoms with Gasteiger partial charge in [-0.1, -0.05) is 12.8 Å². The third kappa shape index (κ3) is 6.09. The van der Waals surface area contributed by atoms with Crippen LogP contribution < -0.4 is 5.32 Å². The normalized spacial score (nSPS) is 14.7. The fourth-order valence-electron chi connectivity index (χ4n) is 3.83. The Morgan fingerprint density at radius 3 is 2.09 bits per heavy atom. The number of ether oxygens (including phenoxy) is 2. The molecule has 1 fully saturated rings. The monoisotopic (exact) mass is 522 g/mol. The van der Waals surface area contributed by atoms with E-state index < -0.39 is 27.9 Å². The van der Waals surface area contributed by atoms with E-state index >= 15 is 0 Å². The number of nitrogens with zero attached hydrogens (tertiary/aromatic N) is 1. The van der Waals surface area contributed by atoms with Gasteiger partial charge in [0.25, 0.3) is 5.91 Å². The van der Waals surface area contributed by atoms with Gasteiger partial charge in [0, 0.05) is 18.7 Å². The first-order chi connectivity index (χ1) is 16.7. The molecule has 1 aliphatic heterocycles. The molecule has 0 bridgehead atoms. The van der Waals surface area contributed by atoms with Crippen LogP contribution in [0.1, 0.15) is 75.5 Å². The van der Waals surface area contributed by atoms with E-state index in [2.05, 4.69) is 5.32 Å². The van der Waals surface area contributed by atoms with E-state index in [1.807, 2.05) is 0 Å². The van der Waals surface area contributed by atoms with Crippen molar-refractivity contribution < 1.29 is 32.3 Å². The van der Waals surface area contributed by atoms with Crippen LogP contribution in [0.2, 0.25) is 0 Å². The van der Waals surface area contributed by atoms with E-state index in [0.717, 1.165) is 37.0 Å². The summed E-state index contributed by atoms with van der Waals surface area (Å²) in [5.41, 5.74) is 0.660. The van der Waals surface area contributed by atoms with Crippen LogP contribution in [-0.2, 0) is 19.5 Å². The molecule has 1 aromatic heterocycles. The average molecular weight is 523 g/mol. The molecule has 1 aromatic carbocycles. The molecule has 0 saturated carbocycles. The average Bonchev–Trinajstić information content (AvgIpc) is 2.99. The van der Waals surface area contributed by atoms with Gasteiger partial charge in [-0.2, -0.15) is 4.31 Å². The molecule has 11 heteroatoms. The number of carbonyl (C=O) groups is 3. The number of rotatable bonds is 8. The molecule has 1 N–H and O–H groups in total. The van der Waals surface area contributed by atoms with Crippen molar-refractivity contribution in [3.05, 3.63) is 45.8 Å². The molecule has 0 atom stereocenters. The van der Waals surface area contributed by atoms with Crippen LogP contribution in [0, 0.1) is 6.92 Å². The maximum absolute atomic E-state index is 13.0. The Kier molecular flexibility index (Phi) is 9.03. The largest absolute Gasteiger partial charge is 0.462 e. The zero-order chi connectivity index (χ0) is 25.6. The molecular formula is C24H30N2O7S2. The second-order valence-corrected chi connectivity index (χ2v) is 11.0. The molecule has 0 spiro atoms. The van der Waals surface area contributed by atoms with Crippen molar-refractivity contribution in [3.63, 3.8) is 0 Å². The predicted molar refractivity (Wildman–Crippen MR) is 133 cm³/mol. The highest BCUT2D eigenvalue weighted by atomic mass is 32.2. The standard InChI is InChI=1S/C24H30N2O7S2/c1-4-32-23(28)19-16(3)20(24(29)33-5-2)34-22(19)25-21(27)17-10-12-18(13-11-17)35(30,31)26-14-8-6-7-9-15-26/h10-13H,4-9,14-15H2,1-3H3,(H,25,27). The van der Waals surface area contributed by atoms with E-state index in [4.69, 9.17) is 9.47 Å². The van der Waals surface area contributed by atoms with Gasteiger partial charge in [0.1, 0.15) is 9.88 Å². The summed E-state index contributed by atoms with van der Waals surface area (Å²) in [5.74, 6) is -1.80. The second-order valence-electron chi connectivity index (χ2n) is 8.00. The smallest absolute Gasteiger partial charge is 0.348 e. The summed E-state index contributed by atoms with van der Waals surface area (Å²) in [5, 5.41) is 2.83. The second kappa shape index (κ2) is 11.8. The van der Waals surface area contributed by atoms with Crippen LogP contribution in [0.15, 0.2) is 29.2 Å². The summed E-state index contributed by atoms with van der Waals surface area (Å²) >= 11 is 0.930. The zero-order valence-electron chi connectivity index (χ0n) is 20.1. The van der Waals surface area contributed by atoms with Crippen LogP contribution >= 0.6 is 11.3 Å². The van der Waals surface area contributed by atoms with Crippen molar-refractivity contribution in [2.45, 2.75) is 51.3 Å². The predicted octanol–water partition coefficient (Wildman–Crippen LogP) is 4.23. The van der Waals surface area contributed by atoms with Crippen LogP contribution in [0.4, 0.5) is 5.00 Å². The summed E-state index contributed by atoms with van der Waals surface area (Å²) in [7, 11) is -3.64. The Bertz CT molecular complexity index is 1180. The molecule has 3 rings (SSSR count). The first kappa shape index (κ1) is 26.8. The molecule has 1 amide bonds. The molecule has 190 valence electrons. The van der Waals surface area contributed by atoms with Crippen molar-refractivity contribution in [1.82, 2.24) is 4.31 Å². The SMILES string of the molecule is CCOC(=O)c1sc(NC(=O)c2ccc(S(=O)(=O)N3CCCCCC3)cc2)c(C(=O)OCC)c1C. The van der Waals surface area contributed by atoms with Gasteiger partial charge in [0.15, 0.2) is 0 Å². The number of amides is 1. The zero-order valence-corrected chi connectivity index (χ0v) is 21.7. The highest BCUT2D eigenvalue weighted by Gasteiger charge is 2.28. The highest BCUT2D eigenvalue weighted by Crippen LogP contribution is 2.34. The number of esters is 2. The fourth-order valence-corrected chi connectivity index (χ4v) is 6.43. The van der Waals surface area contributed by atoms with Gasteiger partial charge in [-0.3, -0.25) is 4.79 Å². The lowest BCUT2D eigenvalue weighted by molar-refractivity contribution is 0.0527. The maximum atomic E-state index is 13.0. The Labute approximate surface area is 209 Å². The number of anilines is 1. The molecule has 2 aromatic rings. The van der Waals surface area contributed by atoms with Crippen LogP contribution in [0.3, 0.4) is 0 Å². The number of thiophene rings is 1. The quantitative estimate of drug-likeness (QED) is 0.515. The van der Waals surface area contributed by atoms with Gasteiger partial charge in [-0.15, -0.1) is 11.3 Å². The van der Waals surface area contributed by atoms with Gasteiger partial charge in [-0.25, -0.2) is 18.0 Å². The molecule has 1 saturated heterocycles. The Morgan fingerprint density at radius 2 is 1.51 bits per heavy atom. The number of sulfonamides is 1. The van der Waals surface area contributed by atoms with Crippen molar-refractivity contribution in [2.24, 2.45) is 0 Å². The Hall–Kier alpha value is -2.76. The maximum Gasteiger partial charge on any atom is 0.348 e. The Balaban J connectivity index is 1.84. The van der Waals surface area contributed by atoms with Crippen LogP contribution in [-0.4, -0.2) is 56.9 Å². The number of benzene rings is 1. The van der Waals surface area contributed by atoms with Gasteiger partial charge >= 0.3 is 11.9 Å². The van der Waals surface area contributed by atoms with Crippen molar-refractivity contribution in [1.29, 1.82) is 0 Å². The number of hydrogen-bond acceptors (Lipinski definition) is 8. The van der Waals surface area contributed by atoms with E-state index in [1.54, 1.807) is 20.8 Å². The molecule has 2 heterocycles. The van der Waals surface area contributed by atoms with Gasteiger partial charge in [0.2, 0.25) is 10.0 Å². The minimum absolute atomic E-state index is 0.0913. The third-order valence-corrected chi connectivity index (χ3v) is 8.73. The van der Waals surface area contributed by atoms with Gasteiger partial charge in [-0.05, 0) is 63.4 Å². The Morgan fingerprint density at radius 1 is 0.943 bits per heavy atom. The van der Waals surface area contributed by atoms with Gasteiger partial charge in [0.05, 0.1) is 23.7 Å². The minimum Gasteiger partial charge on any atom is -0.462 e. The fraction of sp³-hybridized carbons (Fsp3) is 0.458. The third-order valence-electron chi connectivity index (χ3n) is 5.63. The molecule has 0 aliphatic carbocycles. The lowest BCUT2D eigenvalue weighted by Gasteiger charge is -2.20. The van der Waals surface area contributed by atoms with Crippen molar-refractivity contribution >= 4 is 44.2 Å². The van der Waals surface area contributed by atoms with E-state index in [0.29, 0.717) is 18.7 Å². The van der Waals surface area contributed by atoms with Crippen LogP contribution in [0.25, 0.3) is 0 Å². The first-order valence-corrected chi connectivity index (χ1v) is 13.9. The number of nitrogens with one attached hydrogen (secondary N) is 1. The van der Waals surface area contributed by atoms with Gasteiger partial charge < -0.3 is 14.8 Å². The molecule has 35 heavy (non-hydrogen) atoms. The summed E-state index contributed by atoms with van der Waals surface area (Å²) < 4.78 is 37.6. The molecule has 0 unspecified atom stereocenters. The van der Waals surface area contributed by atoms with E-state index in [1.165, 1.54) is 28.6 Å². The summed E-state index contributed by atoms with van der Waals surface area (Å²) in [6.07, 6.45) is 3.69. The number of hydrogen-bond donors (Lipinski definition) is 1.